The van der Waals surface area contributed by atoms with E-state index < -0.39 is 17.4 Å². The fraction of sp³-hybridized carbons (Fsp3) is 0.400. The van der Waals surface area contributed by atoms with Gasteiger partial charge in [0, 0.05) is 0 Å². The highest BCUT2D eigenvalue weighted by atomic mass is 16.4. The number of hydrogen-bond acceptors (Lipinski definition) is 3. The number of nitrogens with one attached hydrogen (secondary N) is 1. The van der Waals surface area contributed by atoms with E-state index in [2.05, 4.69) is 11.4 Å². The molecule has 2 rings (SSSR count). The van der Waals surface area contributed by atoms with Gasteiger partial charge < -0.3 is 10.4 Å². The standard InChI is InChI=1S/C15H16N2O3/c16-10-15(8-4-1-5-9-15)17-13(18)11-6-2-3-7-12(11)14(19)20/h2-3,6-7H,1,4-5,8-9H2,(H,17,18)(H,19,20). The highest BCUT2D eigenvalue weighted by Gasteiger charge is 2.34. The summed E-state index contributed by atoms with van der Waals surface area (Å²) in [6, 6.07) is 8.22. The zero-order valence-electron chi connectivity index (χ0n) is 11.1. The number of carbonyl (C=O) groups excluding carboxylic acids is 1. The van der Waals surface area contributed by atoms with Crippen LogP contribution in [0.2, 0.25) is 0 Å². The molecule has 0 aliphatic heterocycles. The van der Waals surface area contributed by atoms with Crippen LogP contribution in [0.5, 0.6) is 0 Å². The van der Waals surface area contributed by atoms with Crippen molar-refractivity contribution < 1.29 is 14.7 Å². The monoisotopic (exact) mass is 272 g/mol. The maximum absolute atomic E-state index is 12.3. The fourth-order valence-electron chi connectivity index (χ4n) is 2.57. The summed E-state index contributed by atoms with van der Waals surface area (Å²) in [6.45, 7) is 0. The Kier molecular flexibility index (Phi) is 4.04. The molecule has 1 aromatic carbocycles. The van der Waals surface area contributed by atoms with Crippen LogP contribution in [0.15, 0.2) is 24.3 Å². The lowest BCUT2D eigenvalue weighted by Gasteiger charge is -2.31. The van der Waals surface area contributed by atoms with Crippen LogP contribution < -0.4 is 5.32 Å². The van der Waals surface area contributed by atoms with Crippen LogP contribution in [0.25, 0.3) is 0 Å². The van der Waals surface area contributed by atoms with E-state index in [1.807, 2.05) is 0 Å². The van der Waals surface area contributed by atoms with E-state index in [1.54, 1.807) is 12.1 Å². The number of carbonyl (C=O) groups is 2. The van der Waals surface area contributed by atoms with Gasteiger partial charge in [-0.3, -0.25) is 4.79 Å². The predicted octanol–water partition coefficient (Wildman–Crippen LogP) is 2.34. The number of nitriles is 1. The van der Waals surface area contributed by atoms with Crippen LogP contribution in [-0.4, -0.2) is 22.5 Å². The molecule has 5 nitrogen and oxygen atoms in total. The number of hydrogen-bond donors (Lipinski definition) is 2. The molecule has 1 aliphatic rings. The first-order chi connectivity index (χ1) is 9.58. The molecule has 1 aromatic rings. The molecule has 0 unspecified atom stereocenters. The van der Waals surface area contributed by atoms with Gasteiger partial charge in [-0.25, -0.2) is 4.79 Å². The highest BCUT2D eigenvalue weighted by Crippen LogP contribution is 2.28. The van der Waals surface area contributed by atoms with Crippen LogP contribution >= 0.6 is 0 Å². The van der Waals surface area contributed by atoms with Crippen molar-refractivity contribution in [1.82, 2.24) is 5.32 Å². The Labute approximate surface area is 117 Å². The van der Waals surface area contributed by atoms with Crippen LogP contribution in [0, 0.1) is 11.3 Å². The molecule has 1 amide bonds. The van der Waals surface area contributed by atoms with Crippen molar-refractivity contribution in [2.75, 3.05) is 0 Å². The van der Waals surface area contributed by atoms with Crippen LogP contribution in [0.4, 0.5) is 0 Å². The van der Waals surface area contributed by atoms with E-state index >= 15 is 0 Å². The zero-order chi connectivity index (χ0) is 14.6. The van der Waals surface area contributed by atoms with Gasteiger partial charge in [0.05, 0.1) is 17.2 Å². The third kappa shape index (κ3) is 2.80. The Hall–Kier alpha value is -2.35. The summed E-state index contributed by atoms with van der Waals surface area (Å²) in [5.74, 6) is -1.64. The topological polar surface area (TPSA) is 90.2 Å². The Bertz CT molecular complexity index is 569. The van der Waals surface area contributed by atoms with E-state index in [9.17, 15) is 14.9 Å². The maximum Gasteiger partial charge on any atom is 0.336 e. The number of nitrogens with zero attached hydrogens (tertiary/aromatic N) is 1. The molecular formula is C15H16N2O3. The second-order valence-corrected chi connectivity index (χ2v) is 5.06. The number of aromatic carboxylic acids is 1. The summed E-state index contributed by atoms with van der Waals surface area (Å²) >= 11 is 0. The average molecular weight is 272 g/mol. The summed E-state index contributed by atoms with van der Waals surface area (Å²) in [4.78, 5) is 23.4. The van der Waals surface area contributed by atoms with Crippen molar-refractivity contribution in [3.63, 3.8) is 0 Å². The van der Waals surface area contributed by atoms with Crippen LogP contribution in [0.1, 0.15) is 52.8 Å². The molecule has 0 bridgehead atoms. The van der Waals surface area contributed by atoms with Crippen LogP contribution in [-0.2, 0) is 0 Å². The van der Waals surface area contributed by atoms with Crippen molar-refractivity contribution in [3.05, 3.63) is 35.4 Å². The molecule has 2 N–H and O–H groups in total. The number of carboxylic acids is 1. The van der Waals surface area contributed by atoms with Crippen molar-refractivity contribution in [3.8, 4) is 6.07 Å². The molecule has 1 saturated carbocycles. The highest BCUT2D eigenvalue weighted by molar-refractivity contribution is 6.05. The number of rotatable bonds is 3. The van der Waals surface area contributed by atoms with Gasteiger partial charge in [0.2, 0.25) is 0 Å². The van der Waals surface area contributed by atoms with E-state index in [4.69, 9.17) is 5.11 Å². The van der Waals surface area contributed by atoms with E-state index in [-0.39, 0.29) is 11.1 Å². The molecule has 0 atom stereocenters. The van der Waals surface area contributed by atoms with Crippen molar-refractivity contribution in [1.29, 1.82) is 5.26 Å². The minimum absolute atomic E-state index is 0.0473. The average Bonchev–Trinajstić information content (AvgIpc) is 2.48. The lowest BCUT2D eigenvalue weighted by molar-refractivity contribution is 0.0689. The minimum Gasteiger partial charge on any atom is -0.478 e. The third-order valence-electron chi connectivity index (χ3n) is 3.68. The van der Waals surface area contributed by atoms with Gasteiger partial charge in [0.1, 0.15) is 5.54 Å². The molecule has 5 heteroatoms. The van der Waals surface area contributed by atoms with E-state index in [0.717, 1.165) is 19.3 Å². The Morgan fingerprint density at radius 1 is 1.15 bits per heavy atom. The third-order valence-corrected chi connectivity index (χ3v) is 3.68. The lowest BCUT2D eigenvalue weighted by atomic mass is 9.82. The normalized spacial score (nSPS) is 16.9. The number of benzene rings is 1. The molecular weight excluding hydrogens is 256 g/mol. The van der Waals surface area contributed by atoms with Crippen LogP contribution in [0.3, 0.4) is 0 Å². The van der Waals surface area contributed by atoms with Crippen molar-refractivity contribution in [2.24, 2.45) is 0 Å². The first-order valence-corrected chi connectivity index (χ1v) is 6.64. The Morgan fingerprint density at radius 3 is 2.30 bits per heavy atom. The lowest BCUT2D eigenvalue weighted by Crippen LogP contribution is -2.48. The summed E-state index contributed by atoms with van der Waals surface area (Å²) < 4.78 is 0. The second-order valence-electron chi connectivity index (χ2n) is 5.06. The molecule has 0 saturated heterocycles. The van der Waals surface area contributed by atoms with E-state index in [0.29, 0.717) is 12.8 Å². The molecule has 104 valence electrons. The largest absolute Gasteiger partial charge is 0.478 e. The Morgan fingerprint density at radius 2 is 1.75 bits per heavy atom. The summed E-state index contributed by atoms with van der Waals surface area (Å²) in [6.07, 6.45) is 4.09. The molecule has 0 aromatic heterocycles. The SMILES string of the molecule is N#CC1(NC(=O)c2ccccc2C(=O)O)CCCCC1. The molecule has 1 aliphatic carbocycles. The maximum atomic E-state index is 12.3. The van der Waals surface area contributed by atoms with Gasteiger partial charge >= 0.3 is 5.97 Å². The molecule has 20 heavy (non-hydrogen) atoms. The molecule has 1 fully saturated rings. The summed E-state index contributed by atoms with van der Waals surface area (Å²) in [5, 5.41) is 21.2. The quantitative estimate of drug-likeness (QED) is 0.883. The molecule has 0 radical (unpaired) electrons. The number of amides is 1. The Balaban J connectivity index is 2.24. The van der Waals surface area contributed by atoms with Gasteiger partial charge in [0.15, 0.2) is 0 Å². The van der Waals surface area contributed by atoms with Gasteiger partial charge in [-0.05, 0) is 25.0 Å². The first-order valence-electron chi connectivity index (χ1n) is 6.64. The first kappa shape index (κ1) is 14.1. The molecule has 0 spiro atoms. The summed E-state index contributed by atoms with van der Waals surface area (Å²) in [7, 11) is 0. The zero-order valence-corrected chi connectivity index (χ0v) is 11.1. The van der Waals surface area contributed by atoms with Gasteiger partial charge in [-0.2, -0.15) is 5.26 Å². The van der Waals surface area contributed by atoms with Crippen molar-refractivity contribution in [2.45, 2.75) is 37.6 Å². The van der Waals surface area contributed by atoms with Gasteiger partial charge in [-0.1, -0.05) is 31.4 Å². The minimum atomic E-state index is -1.15. The van der Waals surface area contributed by atoms with Gasteiger partial charge in [0.25, 0.3) is 5.91 Å². The van der Waals surface area contributed by atoms with Gasteiger partial charge in [-0.15, -0.1) is 0 Å². The summed E-state index contributed by atoms with van der Waals surface area (Å²) in [5.41, 5.74) is -0.810. The predicted molar refractivity (Wildman–Crippen MR) is 72.3 cm³/mol. The van der Waals surface area contributed by atoms with Crippen molar-refractivity contribution >= 4 is 11.9 Å². The molecule has 0 heterocycles. The smallest absolute Gasteiger partial charge is 0.336 e. The fourth-order valence-corrected chi connectivity index (χ4v) is 2.57. The van der Waals surface area contributed by atoms with E-state index in [1.165, 1.54) is 12.1 Å². The second kappa shape index (κ2) is 5.74. The number of carboxylic acid groups (broad SMARTS) is 1.